The molecule has 4 heteroatoms. The normalized spacial score (nSPS) is 13.1. The van der Waals surface area contributed by atoms with E-state index < -0.39 is 12.0 Å². The van der Waals surface area contributed by atoms with Crippen LogP contribution in [0.5, 0.6) is 0 Å². The first kappa shape index (κ1) is 17.7. The number of hydrogen-bond acceptors (Lipinski definition) is 2. The first-order chi connectivity index (χ1) is 11.5. The Labute approximate surface area is 142 Å². The Morgan fingerprint density at radius 2 is 1.54 bits per heavy atom. The fourth-order valence-corrected chi connectivity index (χ4v) is 2.71. The van der Waals surface area contributed by atoms with Crippen molar-refractivity contribution in [2.24, 2.45) is 0 Å². The third-order valence-electron chi connectivity index (χ3n) is 4.27. The van der Waals surface area contributed by atoms with Gasteiger partial charge >= 0.3 is 5.97 Å². The minimum atomic E-state index is -0.984. The van der Waals surface area contributed by atoms with E-state index in [4.69, 9.17) is 0 Å². The Morgan fingerprint density at radius 1 is 1.00 bits per heavy atom. The highest BCUT2D eigenvalue weighted by molar-refractivity contribution is 5.84. The maximum atomic E-state index is 12.5. The van der Waals surface area contributed by atoms with Gasteiger partial charge in [-0.3, -0.25) is 4.79 Å². The first-order valence-corrected chi connectivity index (χ1v) is 8.06. The molecule has 0 radical (unpaired) electrons. The van der Waals surface area contributed by atoms with E-state index in [2.05, 4.69) is 0 Å². The lowest BCUT2D eigenvalue weighted by Gasteiger charge is -2.26. The third-order valence-corrected chi connectivity index (χ3v) is 4.27. The number of carboxylic acid groups (broad SMARTS) is 1. The van der Waals surface area contributed by atoms with Gasteiger partial charge in [0.1, 0.15) is 6.04 Å². The number of benzene rings is 2. The van der Waals surface area contributed by atoms with Crippen molar-refractivity contribution in [1.29, 1.82) is 0 Å². The average Bonchev–Trinajstić information content (AvgIpc) is 2.60. The fourth-order valence-electron chi connectivity index (χ4n) is 2.71. The Bertz CT molecular complexity index is 670. The van der Waals surface area contributed by atoms with E-state index in [1.165, 1.54) is 4.90 Å². The Hall–Kier alpha value is -2.62. The van der Waals surface area contributed by atoms with Gasteiger partial charge < -0.3 is 10.0 Å². The highest BCUT2D eigenvalue weighted by atomic mass is 16.4. The summed E-state index contributed by atoms with van der Waals surface area (Å²) in [5.74, 6) is -1.09. The number of carboxylic acids is 1. The second kappa shape index (κ2) is 8.29. The van der Waals surface area contributed by atoms with Crippen LogP contribution in [0.1, 0.15) is 30.4 Å². The molecule has 2 aromatic rings. The van der Waals surface area contributed by atoms with Crippen molar-refractivity contribution in [3.05, 3.63) is 71.8 Å². The monoisotopic (exact) mass is 325 g/mol. The van der Waals surface area contributed by atoms with Gasteiger partial charge in [0.05, 0.1) is 0 Å². The van der Waals surface area contributed by atoms with Crippen molar-refractivity contribution in [3.63, 3.8) is 0 Å². The number of rotatable bonds is 7. The highest BCUT2D eigenvalue weighted by Gasteiger charge is 2.27. The molecule has 0 aliphatic carbocycles. The summed E-state index contributed by atoms with van der Waals surface area (Å²) >= 11 is 0. The zero-order chi connectivity index (χ0) is 17.5. The molecule has 2 unspecified atom stereocenters. The molecule has 126 valence electrons. The van der Waals surface area contributed by atoms with Crippen LogP contribution in [0.2, 0.25) is 0 Å². The molecule has 0 saturated carbocycles. The van der Waals surface area contributed by atoms with E-state index in [0.29, 0.717) is 12.8 Å². The van der Waals surface area contributed by atoms with Crippen molar-refractivity contribution in [2.45, 2.75) is 31.7 Å². The molecule has 0 aliphatic heterocycles. The molecule has 0 aromatic heterocycles. The van der Waals surface area contributed by atoms with Crippen molar-refractivity contribution in [2.75, 3.05) is 7.05 Å². The predicted octanol–water partition coefficient (Wildman–Crippen LogP) is 3.33. The molecule has 0 spiro atoms. The highest BCUT2D eigenvalue weighted by Crippen LogP contribution is 2.20. The summed E-state index contributed by atoms with van der Waals surface area (Å²) in [4.78, 5) is 25.5. The molecule has 4 nitrogen and oxygen atoms in total. The smallest absolute Gasteiger partial charge is 0.326 e. The molecule has 1 N–H and O–H groups in total. The van der Waals surface area contributed by atoms with E-state index in [1.807, 2.05) is 67.6 Å². The summed E-state index contributed by atoms with van der Waals surface area (Å²) in [6.45, 7) is 1.98. The lowest BCUT2D eigenvalue weighted by Crippen LogP contribution is -2.44. The van der Waals surface area contributed by atoms with Gasteiger partial charge in [0.2, 0.25) is 5.91 Å². The third kappa shape index (κ3) is 4.69. The van der Waals surface area contributed by atoms with Crippen LogP contribution in [0.15, 0.2) is 60.7 Å². The molecular formula is C20H23NO3. The van der Waals surface area contributed by atoms with E-state index >= 15 is 0 Å². The lowest BCUT2D eigenvalue weighted by atomic mass is 9.96. The van der Waals surface area contributed by atoms with Crippen molar-refractivity contribution < 1.29 is 14.7 Å². The number of likely N-dealkylation sites (N-methyl/N-ethyl adjacent to an activating group) is 1. The van der Waals surface area contributed by atoms with Crippen molar-refractivity contribution in [3.8, 4) is 0 Å². The number of hydrogen-bond donors (Lipinski definition) is 1. The Balaban J connectivity index is 2.04. The Morgan fingerprint density at radius 3 is 2.08 bits per heavy atom. The van der Waals surface area contributed by atoms with Crippen LogP contribution < -0.4 is 0 Å². The minimum absolute atomic E-state index is 0.0484. The SMILES string of the molecule is CC(CC(=O)N(C)C(Cc1ccccc1)C(=O)O)c1ccccc1. The van der Waals surface area contributed by atoms with Gasteiger partial charge in [-0.2, -0.15) is 0 Å². The van der Waals surface area contributed by atoms with Crippen molar-refractivity contribution in [1.82, 2.24) is 4.90 Å². The predicted molar refractivity (Wildman–Crippen MR) is 93.8 cm³/mol. The van der Waals surface area contributed by atoms with Gasteiger partial charge in [-0.05, 0) is 17.0 Å². The summed E-state index contributed by atoms with van der Waals surface area (Å²) in [5.41, 5.74) is 1.98. The maximum absolute atomic E-state index is 12.5. The molecule has 2 atom stereocenters. The van der Waals surface area contributed by atoms with Crippen molar-refractivity contribution >= 4 is 11.9 Å². The number of carbonyl (C=O) groups is 2. The number of carbonyl (C=O) groups excluding carboxylic acids is 1. The van der Waals surface area contributed by atoms with Gasteiger partial charge in [0.15, 0.2) is 0 Å². The second-order valence-electron chi connectivity index (χ2n) is 6.06. The van der Waals surface area contributed by atoms with Crippen LogP contribution in [0.3, 0.4) is 0 Å². The standard InChI is InChI=1S/C20H23NO3/c1-15(17-11-7-4-8-12-17)13-19(22)21(2)18(20(23)24)14-16-9-5-3-6-10-16/h3-12,15,18H,13-14H2,1-2H3,(H,23,24). The topological polar surface area (TPSA) is 57.6 Å². The summed E-state index contributed by atoms with van der Waals surface area (Å²) in [6, 6.07) is 18.3. The molecule has 1 amide bonds. The second-order valence-corrected chi connectivity index (χ2v) is 6.06. The molecule has 0 bridgehead atoms. The van der Waals surface area contributed by atoms with E-state index in [1.54, 1.807) is 7.05 Å². The van der Waals surface area contributed by atoms with Gasteiger partial charge in [-0.15, -0.1) is 0 Å². The first-order valence-electron chi connectivity index (χ1n) is 8.06. The van der Waals surface area contributed by atoms with Gasteiger partial charge in [0, 0.05) is 19.9 Å². The number of nitrogens with zero attached hydrogens (tertiary/aromatic N) is 1. The zero-order valence-electron chi connectivity index (χ0n) is 14.1. The van der Waals surface area contributed by atoms with Crippen LogP contribution >= 0.6 is 0 Å². The molecule has 0 heterocycles. The van der Waals surface area contributed by atoms with Gasteiger partial charge in [-0.25, -0.2) is 4.79 Å². The zero-order valence-corrected chi connectivity index (χ0v) is 14.1. The minimum Gasteiger partial charge on any atom is -0.480 e. The maximum Gasteiger partial charge on any atom is 0.326 e. The average molecular weight is 325 g/mol. The van der Waals surface area contributed by atoms with Crippen LogP contribution in [0.25, 0.3) is 0 Å². The molecule has 0 aliphatic rings. The Kier molecular flexibility index (Phi) is 6.13. The van der Waals surface area contributed by atoms with Crippen LogP contribution in [-0.4, -0.2) is 35.0 Å². The van der Waals surface area contributed by atoms with Crippen LogP contribution in [0, 0.1) is 0 Å². The molecule has 2 aromatic carbocycles. The molecule has 0 fully saturated rings. The van der Waals surface area contributed by atoms with E-state index in [0.717, 1.165) is 11.1 Å². The molecule has 0 saturated heterocycles. The summed E-state index contributed by atoms with van der Waals surface area (Å²) in [7, 11) is 1.57. The van der Waals surface area contributed by atoms with E-state index in [9.17, 15) is 14.7 Å². The van der Waals surface area contributed by atoms with Crippen LogP contribution in [0.4, 0.5) is 0 Å². The molecule has 2 rings (SSSR count). The van der Waals surface area contributed by atoms with Gasteiger partial charge in [0.25, 0.3) is 0 Å². The quantitative estimate of drug-likeness (QED) is 0.849. The number of amides is 1. The molecular weight excluding hydrogens is 302 g/mol. The summed E-state index contributed by atoms with van der Waals surface area (Å²) < 4.78 is 0. The van der Waals surface area contributed by atoms with Crippen LogP contribution in [-0.2, 0) is 16.0 Å². The summed E-state index contributed by atoms with van der Waals surface area (Å²) in [5, 5.41) is 9.51. The fraction of sp³-hybridized carbons (Fsp3) is 0.300. The largest absolute Gasteiger partial charge is 0.480 e. The van der Waals surface area contributed by atoms with Gasteiger partial charge in [-0.1, -0.05) is 67.6 Å². The summed E-state index contributed by atoms with van der Waals surface area (Å²) in [6.07, 6.45) is 0.594. The molecule has 24 heavy (non-hydrogen) atoms. The lowest BCUT2D eigenvalue weighted by molar-refractivity contribution is -0.149. The van der Waals surface area contributed by atoms with E-state index in [-0.39, 0.29) is 11.8 Å². The number of aliphatic carboxylic acids is 1.